The zero-order valence-corrected chi connectivity index (χ0v) is 14.4. The third kappa shape index (κ3) is 6.35. The fourth-order valence-corrected chi connectivity index (χ4v) is 2.44. The first-order valence-electron chi connectivity index (χ1n) is 8.24. The number of hydrogen-bond acceptors (Lipinski definition) is 4. The second-order valence-electron chi connectivity index (χ2n) is 5.91. The number of carbonyl (C=O) groups excluding carboxylic acids is 2. The molecule has 2 aromatic rings. The number of rotatable bonds is 8. The lowest BCUT2D eigenvalue weighted by molar-refractivity contribution is -0.137. The molecular weight excluding hydrogens is 334 g/mol. The number of aliphatic carboxylic acids is 1. The van der Waals surface area contributed by atoms with Crippen molar-refractivity contribution >= 4 is 23.6 Å². The summed E-state index contributed by atoms with van der Waals surface area (Å²) in [5.41, 5.74) is 1.46. The molecule has 1 heterocycles. The fourth-order valence-electron chi connectivity index (χ4n) is 2.44. The van der Waals surface area contributed by atoms with Crippen molar-refractivity contribution in [2.24, 2.45) is 0 Å². The summed E-state index contributed by atoms with van der Waals surface area (Å²) in [5.74, 6) is -0.707. The van der Waals surface area contributed by atoms with Gasteiger partial charge in [0, 0.05) is 24.2 Å². The fraction of sp³-hybridized carbons (Fsp3) is 0.263. The Morgan fingerprint density at radius 1 is 1.12 bits per heavy atom. The largest absolute Gasteiger partial charge is 0.481 e. The van der Waals surface area contributed by atoms with Crippen molar-refractivity contribution < 1.29 is 19.5 Å². The Labute approximate surface area is 151 Å². The van der Waals surface area contributed by atoms with Gasteiger partial charge in [-0.15, -0.1) is 0 Å². The number of nitrogens with one attached hydrogen (secondary N) is 2. The number of anilines is 1. The number of aromatic nitrogens is 1. The van der Waals surface area contributed by atoms with E-state index in [2.05, 4.69) is 15.6 Å². The van der Waals surface area contributed by atoms with Gasteiger partial charge in [0.1, 0.15) is 5.82 Å². The van der Waals surface area contributed by atoms with Crippen LogP contribution in [0.5, 0.6) is 0 Å². The van der Waals surface area contributed by atoms with Crippen molar-refractivity contribution in [1.82, 2.24) is 10.3 Å². The van der Waals surface area contributed by atoms with Crippen LogP contribution in [-0.4, -0.2) is 33.9 Å². The SMILES string of the molecule is CC(=O)c1ccc(NC(=O)NC(CCC(=O)O)Cc2ccccc2)nc1. The number of carbonyl (C=O) groups is 3. The maximum absolute atomic E-state index is 12.2. The van der Waals surface area contributed by atoms with Crippen LogP contribution in [0.2, 0.25) is 0 Å². The molecule has 0 aliphatic rings. The molecule has 2 amide bonds. The topological polar surface area (TPSA) is 108 Å². The number of carboxylic acid groups (broad SMARTS) is 1. The lowest BCUT2D eigenvalue weighted by Crippen LogP contribution is -2.39. The molecule has 26 heavy (non-hydrogen) atoms. The zero-order chi connectivity index (χ0) is 18.9. The van der Waals surface area contributed by atoms with Gasteiger partial charge < -0.3 is 10.4 Å². The van der Waals surface area contributed by atoms with E-state index in [1.807, 2.05) is 30.3 Å². The summed E-state index contributed by atoms with van der Waals surface area (Å²) in [6.07, 6.45) is 2.19. The summed E-state index contributed by atoms with van der Waals surface area (Å²) in [4.78, 5) is 38.3. The van der Waals surface area contributed by atoms with Crippen molar-refractivity contribution in [3.63, 3.8) is 0 Å². The second kappa shape index (κ2) is 9.31. The van der Waals surface area contributed by atoms with Gasteiger partial charge in [-0.1, -0.05) is 30.3 Å². The van der Waals surface area contributed by atoms with Gasteiger partial charge in [-0.05, 0) is 37.5 Å². The summed E-state index contributed by atoms with van der Waals surface area (Å²) in [6.45, 7) is 1.44. The van der Waals surface area contributed by atoms with Crippen LogP contribution in [0.4, 0.5) is 10.6 Å². The number of nitrogens with zero attached hydrogens (tertiary/aromatic N) is 1. The minimum Gasteiger partial charge on any atom is -0.481 e. The molecule has 0 aliphatic carbocycles. The van der Waals surface area contributed by atoms with Gasteiger partial charge >= 0.3 is 12.0 Å². The molecule has 7 heteroatoms. The molecule has 0 radical (unpaired) electrons. The second-order valence-corrected chi connectivity index (χ2v) is 5.91. The van der Waals surface area contributed by atoms with E-state index in [0.717, 1.165) is 5.56 Å². The molecule has 2 rings (SSSR count). The number of pyridine rings is 1. The molecule has 3 N–H and O–H groups in total. The molecule has 136 valence electrons. The summed E-state index contributed by atoms with van der Waals surface area (Å²) < 4.78 is 0. The Kier molecular flexibility index (Phi) is 6.84. The first-order valence-corrected chi connectivity index (χ1v) is 8.24. The molecule has 0 spiro atoms. The number of benzene rings is 1. The molecule has 0 fully saturated rings. The van der Waals surface area contributed by atoms with Crippen LogP contribution >= 0.6 is 0 Å². The van der Waals surface area contributed by atoms with E-state index in [0.29, 0.717) is 24.2 Å². The number of urea groups is 1. The number of hydrogen-bond donors (Lipinski definition) is 3. The van der Waals surface area contributed by atoms with Gasteiger partial charge in [-0.2, -0.15) is 0 Å². The predicted molar refractivity (Wildman–Crippen MR) is 97.2 cm³/mol. The van der Waals surface area contributed by atoms with E-state index in [1.54, 1.807) is 12.1 Å². The molecule has 7 nitrogen and oxygen atoms in total. The Morgan fingerprint density at radius 2 is 1.85 bits per heavy atom. The van der Waals surface area contributed by atoms with Gasteiger partial charge in [-0.3, -0.25) is 14.9 Å². The lowest BCUT2D eigenvalue weighted by atomic mass is 10.0. The van der Waals surface area contributed by atoms with Gasteiger partial charge in [0.05, 0.1) is 0 Å². The smallest absolute Gasteiger partial charge is 0.320 e. The van der Waals surface area contributed by atoms with E-state index >= 15 is 0 Å². The molecule has 0 saturated heterocycles. The molecular formula is C19H21N3O4. The van der Waals surface area contributed by atoms with Crippen molar-refractivity contribution in [2.75, 3.05) is 5.32 Å². The van der Waals surface area contributed by atoms with E-state index in [-0.39, 0.29) is 18.2 Å². The quantitative estimate of drug-likeness (QED) is 0.631. The van der Waals surface area contributed by atoms with Crippen molar-refractivity contribution in [1.29, 1.82) is 0 Å². The third-order valence-corrected chi connectivity index (χ3v) is 3.78. The Hall–Kier alpha value is -3.22. The van der Waals surface area contributed by atoms with Gasteiger partial charge in [-0.25, -0.2) is 9.78 Å². The van der Waals surface area contributed by atoms with Gasteiger partial charge in [0.2, 0.25) is 0 Å². The number of Topliss-reactive ketones (excluding diaryl/α,β-unsaturated/α-hetero) is 1. The Morgan fingerprint density at radius 3 is 2.42 bits per heavy atom. The Bertz CT molecular complexity index is 760. The highest BCUT2D eigenvalue weighted by Crippen LogP contribution is 2.09. The van der Waals surface area contributed by atoms with Crippen LogP contribution in [0, 0.1) is 0 Å². The van der Waals surface area contributed by atoms with Crippen LogP contribution in [0.25, 0.3) is 0 Å². The third-order valence-electron chi connectivity index (χ3n) is 3.78. The molecule has 1 aromatic carbocycles. The van der Waals surface area contributed by atoms with Crippen molar-refractivity contribution in [2.45, 2.75) is 32.2 Å². The van der Waals surface area contributed by atoms with Crippen molar-refractivity contribution in [3.05, 3.63) is 59.8 Å². The van der Waals surface area contributed by atoms with Crippen LogP contribution in [0.3, 0.4) is 0 Å². The Balaban J connectivity index is 1.97. The van der Waals surface area contributed by atoms with Crippen LogP contribution < -0.4 is 10.6 Å². The highest BCUT2D eigenvalue weighted by Gasteiger charge is 2.15. The van der Waals surface area contributed by atoms with Crippen LogP contribution in [0.1, 0.15) is 35.7 Å². The summed E-state index contributed by atoms with van der Waals surface area (Å²) in [7, 11) is 0. The average Bonchev–Trinajstić information content (AvgIpc) is 2.61. The van der Waals surface area contributed by atoms with Crippen molar-refractivity contribution in [3.8, 4) is 0 Å². The summed E-state index contributed by atoms with van der Waals surface area (Å²) >= 11 is 0. The summed E-state index contributed by atoms with van der Waals surface area (Å²) in [6, 6.07) is 11.9. The van der Waals surface area contributed by atoms with Crippen LogP contribution in [-0.2, 0) is 11.2 Å². The number of ketones is 1. The zero-order valence-electron chi connectivity index (χ0n) is 14.4. The molecule has 0 aliphatic heterocycles. The van der Waals surface area contributed by atoms with Gasteiger partial charge in [0.15, 0.2) is 5.78 Å². The van der Waals surface area contributed by atoms with E-state index in [1.165, 1.54) is 13.1 Å². The molecule has 1 aromatic heterocycles. The average molecular weight is 355 g/mol. The minimum absolute atomic E-state index is 0.0384. The van der Waals surface area contributed by atoms with E-state index < -0.39 is 12.0 Å². The van der Waals surface area contributed by atoms with E-state index in [9.17, 15) is 14.4 Å². The molecule has 1 atom stereocenters. The normalized spacial score (nSPS) is 11.4. The summed E-state index contributed by atoms with van der Waals surface area (Å²) in [5, 5.41) is 14.3. The molecule has 1 unspecified atom stereocenters. The predicted octanol–water partition coefficient (Wildman–Crippen LogP) is 2.88. The first-order chi connectivity index (χ1) is 12.4. The monoisotopic (exact) mass is 355 g/mol. The standard InChI is InChI=1S/C19H21N3O4/c1-13(23)15-7-9-17(20-12-15)22-19(26)21-16(8-10-18(24)25)11-14-5-3-2-4-6-14/h2-7,9,12,16H,8,10-11H2,1H3,(H,24,25)(H2,20,21,22,26). The number of amides is 2. The highest BCUT2D eigenvalue weighted by atomic mass is 16.4. The first kappa shape index (κ1) is 19.1. The van der Waals surface area contributed by atoms with Crippen LogP contribution in [0.15, 0.2) is 48.7 Å². The maximum Gasteiger partial charge on any atom is 0.320 e. The number of carboxylic acids is 1. The minimum atomic E-state index is -0.910. The van der Waals surface area contributed by atoms with Gasteiger partial charge in [0.25, 0.3) is 0 Å². The molecule has 0 saturated carbocycles. The molecule has 0 bridgehead atoms. The highest BCUT2D eigenvalue weighted by molar-refractivity contribution is 5.94. The maximum atomic E-state index is 12.2. The lowest BCUT2D eigenvalue weighted by Gasteiger charge is -2.18. The van der Waals surface area contributed by atoms with E-state index in [4.69, 9.17) is 5.11 Å².